The zero-order valence-corrected chi connectivity index (χ0v) is 11.2. The van der Waals surface area contributed by atoms with Gasteiger partial charge in [-0.25, -0.2) is 4.79 Å². The minimum absolute atomic E-state index is 0.0606. The average Bonchev–Trinajstić information content (AvgIpc) is 2.36. The van der Waals surface area contributed by atoms with Gasteiger partial charge in [0.1, 0.15) is 17.1 Å². The highest BCUT2D eigenvalue weighted by Crippen LogP contribution is 2.42. The van der Waals surface area contributed by atoms with Crippen LogP contribution in [0.15, 0.2) is 22.1 Å². The van der Waals surface area contributed by atoms with Gasteiger partial charge in [0.2, 0.25) is 11.8 Å². The number of aliphatic carboxylic acids is 1. The second-order valence-electron chi connectivity index (χ2n) is 3.84. The largest absolute Gasteiger partial charge is 0.477 e. The van der Waals surface area contributed by atoms with Gasteiger partial charge in [-0.05, 0) is 5.41 Å². The van der Waals surface area contributed by atoms with Gasteiger partial charge in [0.15, 0.2) is 0 Å². The Morgan fingerprint density at radius 3 is 2.79 bits per heavy atom. The first kappa shape index (κ1) is 14.0. The maximum Gasteiger partial charge on any atom is 0.353 e. The van der Waals surface area contributed by atoms with Gasteiger partial charge < -0.3 is 16.6 Å². The number of rotatable bonds is 4. The van der Waals surface area contributed by atoms with E-state index in [2.05, 4.69) is 0 Å². The van der Waals surface area contributed by atoms with Crippen molar-refractivity contribution in [2.75, 3.05) is 5.75 Å². The summed E-state index contributed by atoms with van der Waals surface area (Å²) in [6.07, 6.45) is 1.14. The van der Waals surface area contributed by atoms with Gasteiger partial charge in [0.25, 0.3) is 0 Å². The number of nitrogens with zero attached hydrogens (tertiary/aromatic N) is 1. The van der Waals surface area contributed by atoms with Crippen molar-refractivity contribution in [2.24, 2.45) is 11.5 Å². The van der Waals surface area contributed by atoms with Crippen molar-refractivity contribution in [3.63, 3.8) is 0 Å². The lowest BCUT2D eigenvalue weighted by atomic mass is 10.1. The van der Waals surface area contributed by atoms with Crippen LogP contribution in [0.5, 0.6) is 0 Å². The molecule has 7 nitrogen and oxygen atoms in total. The normalized spacial score (nSPS) is 26.4. The molecule has 1 saturated heterocycles. The predicted octanol–water partition coefficient (Wildman–Crippen LogP) is -0.743. The molecule has 9 heteroatoms. The number of amides is 2. The van der Waals surface area contributed by atoms with Crippen molar-refractivity contribution >= 4 is 41.3 Å². The Kier molecular flexibility index (Phi) is 3.88. The molecule has 1 fully saturated rings. The molecule has 19 heavy (non-hydrogen) atoms. The van der Waals surface area contributed by atoms with Gasteiger partial charge >= 0.3 is 5.97 Å². The third kappa shape index (κ3) is 2.48. The molecular formula is C10H11N3O4S2. The third-order valence-corrected chi connectivity index (χ3v) is 5.00. The number of carbonyl (C=O) groups is 3. The molecule has 0 bridgehead atoms. The molecule has 2 amide bonds. The lowest BCUT2D eigenvalue weighted by molar-refractivity contribution is -0.147. The number of thioether (sulfide) groups is 2. The highest BCUT2D eigenvalue weighted by Gasteiger charge is 2.51. The molecule has 0 radical (unpaired) electrons. The minimum atomic E-state index is -1.18. The van der Waals surface area contributed by atoms with Crippen molar-refractivity contribution in [1.29, 1.82) is 0 Å². The van der Waals surface area contributed by atoms with Gasteiger partial charge in [0, 0.05) is 16.7 Å². The maximum absolute atomic E-state index is 11.6. The van der Waals surface area contributed by atoms with E-state index in [-0.39, 0.29) is 11.1 Å². The SMILES string of the molecule is NC(=O)C=CSC1=C(C(=O)O)N2C(=O)[C@@H](N)[C@@H]2SC1. The van der Waals surface area contributed by atoms with Crippen molar-refractivity contribution < 1.29 is 19.5 Å². The molecule has 0 unspecified atom stereocenters. The Balaban J connectivity index is 2.25. The number of primary amides is 1. The first-order valence-corrected chi connectivity index (χ1v) is 7.15. The number of nitrogens with two attached hydrogens (primary N) is 2. The summed E-state index contributed by atoms with van der Waals surface area (Å²) in [5, 5.41) is 10.3. The Labute approximate surface area is 117 Å². The predicted molar refractivity (Wildman–Crippen MR) is 71.7 cm³/mol. The van der Waals surface area contributed by atoms with Gasteiger partial charge in [-0.2, -0.15) is 0 Å². The monoisotopic (exact) mass is 301 g/mol. The van der Waals surface area contributed by atoms with E-state index >= 15 is 0 Å². The van der Waals surface area contributed by atoms with E-state index in [1.165, 1.54) is 22.1 Å². The topological polar surface area (TPSA) is 127 Å². The summed E-state index contributed by atoms with van der Waals surface area (Å²) in [6.45, 7) is 0. The Morgan fingerprint density at radius 2 is 2.21 bits per heavy atom. The van der Waals surface area contributed by atoms with Gasteiger partial charge in [-0.15, -0.1) is 11.8 Å². The number of carboxylic acids is 1. The summed E-state index contributed by atoms with van der Waals surface area (Å²) >= 11 is 2.47. The van der Waals surface area contributed by atoms with Crippen LogP contribution in [0, 0.1) is 0 Å². The Bertz CT molecular complexity index is 517. The van der Waals surface area contributed by atoms with Crippen molar-refractivity contribution in [3.05, 3.63) is 22.1 Å². The van der Waals surface area contributed by atoms with Crippen LogP contribution in [0.3, 0.4) is 0 Å². The van der Waals surface area contributed by atoms with Crippen LogP contribution in [-0.4, -0.2) is 45.0 Å². The number of hydrogen-bond donors (Lipinski definition) is 3. The highest BCUT2D eigenvalue weighted by atomic mass is 32.2. The number of carboxylic acid groups (broad SMARTS) is 1. The molecule has 2 aliphatic rings. The van der Waals surface area contributed by atoms with Crippen molar-refractivity contribution in [3.8, 4) is 0 Å². The van der Waals surface area contributed by atoms with Crippen LogP contribution in [0.2, 0.25) is 0 Å². The number of carbonyl (C=O) groups excluding carboxylic acids is 2. The zero-order chi connectivity index (χ0) is 14.2. The van der Waals surface area contributed by atoms with E-state index in [0.29, 0.717) is 10.7 Å². The molecular weight excluding hydrogens is 290 g/mol. The summed E-state index contributed by atoms with van der Waals surface area (Å²) < 4.78 is 0. The molecule has 0 aromatic carbocycles. The molecule has 2 heterocycles. The minimum Gasteiger partial charge on any atom is -0.477 e. The quantitative estimate of drug-likeness (QED) is 0.461. The lowest BCUT2D eigenvalue weighted by Crippen LogP contribution is -2.68. The molecule has 2 rings (SSSR count). The molecule has 102 valence electrons. The van der Waals surface area contributed by atoms with E-state index in [9.17, 15) is 19.5 Å². The summed E-state index contributed by atoms with van der Waals surface area (Å²) in [5.41, 5.74) is 10.5. The summed E-state index contributed by atoms with van der Waals surface area (Å²) in [7, 11) is 0. The van der Waals surface area contributed by atoms with Crippen LogP contribution in [0.1, 0.15) is 0 Å². The average molecular weight is 301 g/mol. The van der Waals surface area contributed by atoms with Crippen molar-refractivity contribution in [1.82, 2.24) is 4.90 Å². The molecule has 0 aromatic rings. The van der Waals surface area contributed by atoms with E-state index in [4.69, 9.17) is 11.5 Å². The van der Waals surface area contributed by atoms with E-state index in [0.717, 1.165) is 17.8 Å². The Morgan fingerprint density at radius 1 is 1.53 bits per heavy atom. The molecule has 0 aromatic heterocycles. The standard InChI is InChI=1S/C10H11N3O4S2/c11-5(14)1-2-18-4-3-19-9-6(12)8(15)13(9)7(4)10(16)17/h1-2,6,9H,3,12H2,(H2,11,14)(H,16,17)/t6-,9+/m1/s1. The Hall–Kier alpha value is -1.45. The maximum atomic E-state index is 11.6. The van der Waals surface area contributed by atoms with Gasteiger partial charge in [-0.1, -0.05) is 11.8 Å². The number of β-lactam (4-membered cyclic amide) rings is 1. The van der Waals surface area contributed by atoms with Gasteiger partial charge in [0.05, 0.1) is 0 Å². The second-order valence-corrected chi connectivity index (χ2v) is 5.94. The molecule has 2 atom stereocenters. The highest BCUT2D eigenvalue weighted by molar-refractivity contribution is 8.08. The fourth-order valence-electron chi connectivity index (χ4n) is 1.76. The summed E-state index contributed by atoms with van der Waals surface area (Å²) in [6, 6.07) is -0.646. The molecule has 0 saturated carbocycles. The summed E-state index contributed by atoms with van der Waals surface area (Å²) in [4.78, 5) is 35.2. The summed E-state index contributed by atoms with van der Waals surface area (Å²) in [5.74, 6) is -1.77. The number of fused-ring (bicyclic) bond motifs is 1. The van der Waals surface area contributed by atoms with Crippen LogP contribution in [-0.2, 0) is 14.4 Å². The zero-order valence-electron chi connectivity index (χ0n) is 9.61. The molecule has 0 aliphatic carbocycles. The lowest BCUT2D eigenvalue weighted by Gasteiger charge is -2.47. The van der Waals surface area contributed by atoms with Crippen molar-refractivity contribution in [2.45, 2.75) is 11.4 Å². The first-order valence-electron chi connectivity index (χ1n) is 5.23. The fraction of sp³-hybridized carbons (Fsp3) is 0.300. The molecule has 2 aliphatic heterocycles. The smallest absolute Gasteiger partial charge is 0.353 e. The van der Waals surface area contributed by atoms with E-state index in [1.54, 1.807) is 0 Å². The van der Waals surface area contributed by atoms with Crippen LogP contribution >= 0.6 is 23.5 Å². The number of hydrogen-bond acceptors (Lipinski definition) is 6. The third-order valence-electron chi connectivity index (χ3n) is 2.62. The van der Waals surface area contributed by atoms with Crippen LogP contribution < -0.4 is 11.5 Å². The fourth-order valence-corrected chi connectivity index (χ4v) is 4.04. The molecule has 5 N–H and O–H groups in total. The van der Waals surface area contributed by atoms with Crippen LogP contribution in [0.4, 0.5) is 0 Å². The first-order chi connectivity index (χ1) is 8.93. The second kappa shape index (κ2) is 5.27. The van der Waals surface area contributed by atoms with E-state index < -0.39 is 23.8 Å². The van der Waals surface area contributed by atoms with E-state index in [1.807, 2.05) is 0 Å². The van der Waals surface area contributed by atoms with Gasteiger partial charge in [-0.3, -0.25) is 14.5 Å². The molecule has 0 spiro atoms. The van der Waals surface area contributed by atoms with Crippen LogP contribution in [0.25, 0.3) is 0 Å².